The smallest absolute Gasteiger partial charge is 0.170 e. The molecule has 0 heterocycles. The second-order valence-electron chi connectivity index (χ2n) is 4.72. The number of thiocarbonyl (C=S) groups is 1. The summed E-state index contributed by atoms with van der Waals surface area (Å²) in [6.45, 7) is 2.71. The zero-order valence-electron chi connectivity index (χ0n) is 11.6. The Hall–Kier alpha value is -1.29. The fraction of sp³-hybridized carbons (Fsp3) is 0.188. The van der Waals surface area contributed by atoms with Gasteiger partial charge in [-0.05, 0) is 61.0 Å². The number of nitrogens with one attached hydrogen (secondary N) is 2. The maximum Gasteiger partial charge on any atom is 0.170 e. The molecule has 0 amide bonds. The highest BCUT2D eigenvalue weighted by molar-refractivity contribution is 7.80. The highest BCUT2D eigenvalue weighted by atomic mass is 35.5. The molecule has 110 valence electrons. The van der Waals surface area contributed by atoms with Crippen LogP contribution in [0.4, 0.5) is 5.69 Å². The first-order chi connectivity index (χ1) is 10.0. The topological polar surface area (TPSA) is 24.1 Å². The second kappa shape index (κ2) is 7.64. The third kappa shape index (κ3) is 5.20. The van der Waals surface area contributed by atoms with Crippen LogP contribution in [0, 0.1) is 6.92 Å². The molecule has 0 bridgehead atoms. The molecular weight excluding hydrogens is 323 g/mol. The van der Waals surface area contributed by atoms with Crippen molar-refractivity contribution in [3.8, 4) is 0 Å². The van der Waals surface area contributed by atoms with Crippen molar-refractivity contribution in [2.45, 2.75) is 13.3 Å². The number of hydrogen-bond donors (Lipinski definition) is 2. The fourth-order valence-corrected chi connectivity index (χ4v) is 2.47. The fourth-order valence-electron chi connectivity index (χ4n) is 1.86. The van der Waals surface area contributed by atoms with Crippen LogP contribution in [0.5, 0.6) is 0 Å². The zero-order valence-corrected chi connectivity index (χ0v) is 13.9. The van der Waals surface area contributed by atoms with Crippen LogP contribution >= 0.6 is 35.4 Å². The van der Waals surface area contributed by atoms with Crippen LogP contribution in [-0.4, -0.2) is 11.7 Å². The Balaban J connectivity index is 1.81. The normalized spacial score (nSPS) is 10.2. The summed E-state index contributed by atoms with van der Waals surface area (Å²) in [6.07, 6.45) is 0.858. The monoisotopic (exact) mass is 338 g/mol. The molecular formula is C16H16Cl2N2S. The van der Waals surface area contributed by atoms with E-state index >= 15 is 0 Å². The van der Waals surface area contributed by atoms with Crippen molar-refractivity contribution in [3.05, 3.63) is 63.6 Å². The SMILES string of the molecule is Cc1ccc(NC(=S)NCCc2cccc(Cl)c2)cc1Cl. The van der Waals surface area contributed by atoms with Crippen molar-refractivity contribution in [1.29, 1.82) is 0 Å². The van der Waals surface area contributed by atoms with Crippen LogP contribution in [0.25, 0.3) is 0 Å². The molecule has 2 aromatic carbocycles. The van der Waals surface area contributed by atoms with Gasteiger partial charge in [0.15, 0.2) is 5.11 Å². The van der Waals surface area contributed by atoms with Crippen molar-refractivity contribution < 1.29 is 0 Å². The molecule has 21 heavy (non-hydrogen) atoms. The minimum absolute atomic E-state index is 0.581. The lowest BCUT2D eigenvalue weighted by Gasteiger charge is -2.11. The van der Waals surface area contributed by atoms with E-state index < -0.39 is 0 Å². The van der Waals surface area contributed by atoms with E-state index in [-0.39, 0.29) is 0 Å². The predicted molar refractivity (Wildman–Crippen MR) is 95.6 cm³/mol. The Labute approximate surface area is 140 Å². The van der Waals surface area contributed by atoms with Crippen molar-refractivity contribution in [3.63, 3.8) is 0 Å². The predicted octanol–water partition coefficient (Wildman–Crippen LogP) is 4.83. The molecule has 2 nitrogen and oxygen atoms in total. The van der Waals surface area contributed by atoms with Crippen LogP contribution < -0.4 is 10.6 Å². The Morgan fingerprint density at radius 3 is 2.67 bits per heavy atom. The largest absolute Gasteiger partial charge is 0.362 e. The van der Waals surface area contributed by atoms with Crippen LogP contribution in [0.2, 0.25) is 10.0 Å². The molecule has 0 unspecified atom stereocenters. The van der Waals surface area contributed by atoms with Gasteiger partial charge in [0.2, 0.25) is 0 Å². The molecule has 2 N–H and O–H groups in total. The molecule has 0 fully saturated rings. The third-order valence-electron chi connectivity index (χ3n) is 3.02. The maximum absolute atomic E-state index is 6.08. The molecule has 2 rings (SSSR count). The summed E-state index contributed by atoms with van der Waals surface area (Å²) < 4.78 is 0. The van der Waals surface area contributed by atoms with Crippen LogP contribution in [0.1, 0.15) is 11.1 Å². The molecule has 0 saturated heterocycles. The molecule has 0 saturated carbocycles. The molecule has 5 heteroatoms. The average molecular weight is 339 g/mol. The summed E-state index contributed by atoms with van der Waals surface area (Å²) in [5.74, 6) is 0. The second-order valence-corrected chi connectivity index (χ2v) is 5.98. The van der Waals surface area contributed by atoms with Crippen molar-refractivity contribution in [2.75, 3.05) is 11.9 Å². The van der Waals surface area contributed by atoms with Gasteiger partial charge in [-0.15, -0.1) is 0 Å². The number of hydrogen-bond acceptors (Lipinski definition) is 1. The van der Waals surface area contributed by atoms with Gasteiger partial charge >= 0.3 is 0 Å². The van der Waals surface area contributed by atoms with Gasteiger partial charge < -0.3 is 10.6 Å². The van der Waals surface area contributed by atoms with Crippen LogP contribution in [0.15, 0.2) is 42.5 Å². The Morgan fingerprint density at radius 2 is 1.95 bits per heavy atom. The van der Waals surface area contributed by atoms with E-state index in [1.54, 1.807) is 0 Å². The lowest BCUT2D eigenvalue weighted by atomic mass is 10.1. The molecule has 0 spiro atoms. The van der Waals surface area contributed by atoms with Crippen molar-refractivity contribution in [2.24, 2.45) is 0 Å². The van der Waals surface area contributed by atoms with Gasteiger partial charge in [0.1, 0.15) is 0 Å². The third-order valence-corrected chi connectivity index (χ3v) is 3.91. The van der Waals surface area contributed by atoms with E-state index in [1.165, 1.54) is 5.56 Å². The van der Waals surface area contributed by atoms with Crippen LogP contribution in [-0.2, 0) is 6.42 Å². The molecule has 0 radical (unpaired) electrons. The van der Waals surface area contributed by atoms with Gasteiger partial charge in [0, 0.05) is 22.3 Å². The average Bonchev–Trinajstić information content (AvgIpc) is 2.43. The molecule has 2 aromatic rings. The van der Waals surface area contributed by atoms with Gasteiger partial charge in [-0.3, -0.25) is 0 Å². The van der Waals surface area contributed by atoms with Gasteiger partial charge in [-0.25, -0.2) is 0 Å². The minimum atomic E-state index is 0.581. The highest BCUT2D eigenvalue weighted by Crippen LogP contribution is 2.19. The summed E-state index contributed by atoms with van der Waals surface area (Å²) >= 11 is 17.3. The van der Waals surface area contributed by atoms with E-state index in [1.807, 2.05) is 49.4 Å². The summed E-state index contributed by atoms with van der Waals surface area (Å²) in [6, 6.07) is 13.6. The van der Waals surface area contributed by atoms with Crippen molar-refractivity contribution >= 4 is 46.2 Å². The highest BCUT2D eigenvalue weighted by Gasteiger charge is 2.01. The summed E-state index contributed by atoms with van der Waals surface area (Å²) in [5, 5.41) is 8.34. The number of anilines is 1. The Kier molecular flexibility index (Phi) is 5.85. The minimum Gasteiger partial charge on any atom is -0.362 e. The van der Waals surface area contributed by atoms with E-state index in [0.717, 1.165) is 34.3 Å². The first kappa shape index (κ1) is 16.1. The number of halogens is 2. The van der Waals surface area contributed by atoms with Gasteiger partial charge in [0.05, 0.1) is 0 Å². The number of aryl methyl sites for hydroxylation is 1. The molecule has 0 atom stereocenters. The molecule has 0 aromatic heterocycles. The molecule has 0 aliphatic heterocycles. The summed E-state index contributed by atoms with van der Waals surface area (Å²) in [4.78, 5) is 0. The first-order valence-electron chi connectivity index (χ1n) is 6.60. The quantitative estimate of drug-likeness (QED) is 0.780. The summed E-state index contributed by atoms with van der Waals surface area (Å²) in [7, 11) is 0. The molecule has 0 aliphatic carbocycles. The first-order valence-corrected chi connectivity index (χ1v) is 7.76. The Morgan fingerprint density at radius 1 is 1.14 bits per heavy atom. The lowest BCUT2D eigenvalue weighted by Crippen LogP contribution is -2.30. The lowest BCUT2D eigenvalue weighted by molar-refractivity contribution is 0.873. The standard InChI is InChI=1S/C16H16Cl2N2S/c1-11-5-6-14(10-15(11)18)20-16(21)19-8-7-12-3-2-4-13(17)9-12/h2-6,9-10H,7-8H2,1H3,(H2,19,20,21). The zero-order chi connectivity index (χ0) is 15.2. The molecule has 0 aliphatic rings. The van der Waals surface area contributed by atoms with E-state index in [0.29, 0.717) is 5.11 Å². The number of benzene rings is 2. The number of rotatable bonds is 4. The van der Waals surface area contributed by atoms with E-state index in [4.69, 9.17) is 35.4 Å². The van der Waals surface area contributed by atoms with Crippen molar-refractivity contribution in [1.82, 2.24) is 5.32 Å². The van der Waals surface area contributed by atoms with E-state index in [2.05, 4.69) is 10.6 Å². The Bertz CT molecular complexity index is 644. The maximum atomic E-state index is 6.08. The van der Waals surface area contributed by atoms with Gasteiger partial charge in [-0.2, -0.15) is 0 Å². The van der Waals surface area contributed by atoms with Crippen LogP contribution in [0.3, 0.4) is 0 Å². The summed E-state index contributed by atoms with van der Waals surface area (Å²) in [5.41, 5.74) is 3.10. The van der Waals surface area contributed by atoms with Gasteiger partial charge in [-0.1, -0.05) is 41.4 Å². The van der Waals surface area contributed by atoms with E-state index in [9.17, 15) is 0 Å². The van der Waals surface area contributed by atoms with Gasteiger partial charge in [0.25, 0.3) is 0 Å².